The van der Waals surface area contributed by atoms with Crippen LogP contribution in [0.5, 0.6) is 0 Å². The summed E-state index contributed by atoms with van der Waals surface area (Å²) in [5.74, 6) is 0. The van der Waals surface area contributed by atoms with E-state index in [1.54, 1.807) is 0 Å². The molecule has 0 aliphatic carbocycles. The van der Waals surface area contributed by atoms with Crippen molar-refractivity contribution in [1.29, 1.82) is 0 Å². The molecule has 0 unspecified atom stereocenters. The van der Waals surface area contributed by atoms with E-state index >= 15 is 0 Å². The number of H-pyrrole nitrogens is 1. The van der Waals surface area contributed by atoms with Crippen molar-refractivity contribution in [2.24, 2.45) is 0 Å². The van der Waals surface area contributed by atoms with E-state index in [1.807, 2.05) is 26.1 Å². The van der Waals surface area contributed by atoms with Crippen LogP contribution in [-0.4, -0.2) is 15.2 Å². The van der Waals surface area contributed by atoms with E-state index in [0.29, 0.717) is 0 Å². The summed E-state index contributed by atoms with van der Waals surface area (Å²) in [6.07, 6.45) is 1.91. The van der Waals surface area contributed by atoms with Crippen molar-refractivity contribution < 1.29 is 0 Å². The molecule has 3 nitrogen and oxygen atoms in total. The molecule has 0 spiro atoms. The summed E-state index contributed by atoms with van der Waals surface area (Å²) < 4.78 is 0. The van der Waals surface area contributed by atoms with Gasteiger partial charge in [0.1, 0.15) is 0 Å². The second kappa shape index (κ2) is 2.05. The van der Waals surface area contributed by atoms with Gasteiger partial charge in [-0.1, -0.05) is 0 Å². The van der Waals surface area contributed by atoms with Crippen LogP contribution in [0.1, 0.15) is 11.4 Å². The van der Waals surface area contributed by atoms with Gasteiger partial charge in [-0.15, -0.1) is 0 Å². The number of rotatable bonds is 0. The second-order valence-corrected chi connectivity index (χ2v) is 2.64. The molecule has 0 amide bonds. The molecule has 0 fully saturated rings. The summed E-state index contributed by atoms with van der Waals surface area (Å²) >= 11 is 0. The lowest BCUT2D eigenvalue weighted by molar-refractivity contribution is 0.962. The highest BCUT2D eigenvalue weighted by molar-refractivity contribution is 5.82. The van der Waals surface area contributed by atoms with E-state index in [9.17, 15) is 0 Å². The lowest BCUT2D eigenvalue weighted by Gasteiger charge is -1.95. The van der Waals surface area contributed by atoms with Gasteiger partial charge in [0.05, 0.1) is 16.9 Å². The first-order valence-electron chi connectivity index (χ1n) is 3.56. The molecule has 0 saturated heterocycles. The molecule has 0 radical (unpaired) electrons. The van der Waals surface area contributed by atoms with E-state index in [0.717, 1.165) is 22.3 Å². The molecule has 2 aromatic heterocycles. The van der Waals surface area contributed by atoms with Gasteiger partial charge >= 0.3 is 0 Å². The summed E-state index contributed by atoms with van der Waals surface area (Å²) in [6.45, 7) is 3.91. The van der Waals surface area contributed by atoms with E-state index in [2.05, 4.69) is 15.2 Å². The maximum absolute atomic E-state index is 4.01. The highest BCUT2D eigenvalue weighted by Gasteiger charge is 2.01. The van der Waals surface area contributed by atoms with Gasteiger partial charge in [-0.3, -0.25) is 0 Å². The molecule has 2 heterocycles. The van der Waals surface area contributed by atoms with Crippen molar-refractivity contribution in [2.45, 2.75) is 13.8 Å². The standard InChI is InChI=1S/C8H9N3/c1-5-7-3-4-9-8(7)6(2)11-10-5/h3-4,9H,1-2H3. The monoisotopic (exact) mass is 147 g/mol. The molecule has 2 rings (SSSR count). The molecule has 2 aromatic rings. The molecule has 0 aliphatic heterocycles. The Kier molecular flexibility index (Phi) is 1.18. The minimum Gasteiger partial charge on any atom is -0.360 e. The van der Waals surface area contributed by atoms with Crippen molar-refractivity contribution in [1.82, 2.24) is 15.2 Å². The first-order chi connectivity index (χ1) is 5.29. The molecule has 0 aromatic carbocycles. The normalized spacial score (nSPS) is 10.7. The maximum atomic E-state index is 4.01. The quantitative estimate of drug-likeness (QED) is 0.614. The van der Waals surface area contributed by atoms with Crippen LogP contribution in [0.4, 0.5) is 0 Å². The van der Waals surface area contributed by atoms with Gasteiger partial charge < -0.3 is 4.98 Å². The van der Waals surface area contributed by atoms with Crippen LogP contribution in [0.15, 0.2) is 12.3 Å². The average molecular weight is 147 g/mol. The highest BCUT2D eigenvalue weighted by atomic mass is 15.1. The topological polar surface area (TPSA) is 41.6 Å². The number of aryl methyl sites for hydroxylation is 2. The Morgan fingerprint density at radius 1 is 1.18 bits per heavy atom. The van der Waals surface area contributed by atoms with E-state index in [4.69, 9.17) is 0 Å². The number of nitrogens with one attached hydrogen (secondary N) is 1. The zero-order chi connectivity index (χ0) is 7.84. The van der Waals surface area contributed by atoms with Gasteiger partial charge in [-0.05, 0) is 19.9 Å². The zero-order valence-electron chi connectivity index (χ0n) is 6.55. The van der Waals surface area contributed by atoms with Crippen LogP contribution in [0.2, 0.25) is 0 Å². The summed E-state index contributed by atoms with van der Waals surface area (Å²) in [7, 11) is 0. The third kappa shape index (κ3) is 0.808. The van der Waals surface area contributed by atoms with Crippen molar-refractivity contribution in [2.75, 3.05) is 0 Å². The Labute approximate surface area is 64.5 Å². The largest absolute Gasteiger partial charge is 0.360 e. The van der Waals surface area contributed by atoms with Gasteiger partial charge in [-0.2, -0.15) is 10.2 Å². The molecule has 3 heteroatoms. The maximum Gasteiger partial charge on any atom is 0.0840 e. The molecule has 11 heavy (non-hydrogen) atoms. The van der Waals surface area contributed by atoms with Crippen molar-refractivity contribution in [3.05, 3.63) is 23.7 Å². The van der Waals surface area contributed by atoms with Crippen LogP contribution < -0.4 is 0 Å². The fourth-order valence-corrected chi connectivity index (χ4v) is 1.22. The Morgan fingerprint density at radius 3 is 2.64 bits per heavy atom. The summed E-state index contributed by atoms with van der Waals surface area (Å²) in [5.41, 5.74) is 3.03. The first-order valence-corrected chi connectivity index (χ1v) is 3.56. The summed E-state index contributed by atoms with van der Waals surface area (Å²) in [6, 6.07) is 2.02. The number of nitrogens with zero attached hydrogens (tertiary/aromatic N) is 2. The van der Waals surface area contributed by atoms with Crippen LogP contribution in [0.3, 0.4) is 0 Å². The Morgan fingerprint density at radius 2 is 1.91 bits per heavy atom. The third-order valence-electron chi connectivity index (χ3n) is 1.85. The minimum atomic E-state index is 0.954. The minimum absolute atomic E-state index is 0.954. The zero-order valence-corrected chi connectivity index (χ0v) is 6.55. The van der Waals surface area contributed by atoms with Crippen LogP contribution >= 0.6 is 0 Å². The van der Waals surface area contributed by atoms with Crippen LogP contribution in [0.25, 0.3) is 10.9 Å². The number of aromatic amines is 1. The van der Waals surface area contributed by atoms with Gasteiger partial charge in [0.2, 0.25) is 0 Å². The predicted molar refractivity (Wildman–Crippen MR) is 43.4 cm³/mol. The van der Waals surface area contributed by atoms with Gasteiger partial charge in [0, 0.05) is 11.6 Å². The SMILES string of the molecule is Cc1nnc(C)c2[nH]ccc12. The Hall–Kier alpha value is -1.38. The Bertz CT molecular complexity index is 353. The smallest absolute Gasteiger partial charge is 0.0840 e. The molecule has 1 N–H and O–H groups in total. The predicted octanol–water partition coefficient (Wildman–Crippen LogP) is 1.57. The van der Waals surface area contributed by atoms with Crippen LogP contribution in [0, 0.1) is 13.8 Å². The molecule has 56 valence electrons. The third-order valence-corrected chi connectivity index (χ3v) is 1.85. The van der Waals surface area contributed by atoms with Crippen molar-refractivity contribution in [3.63, 3.8) is 0 Å². The average Bonchev–Trinajstić information content (AvgIpc) is 2.45. The molecular weight excluding hydrogens is 138 g/mol. The molecular formula is C8H9N3. The van der Waals surface area contributed by atoms with Gasteiger partial charge in [0.25, 0.3) is 0 Å². The van der Waals surface area contributed by atoms with E-state index in [1.165, 1.54) is 0 Å². The van der Waals surface area contributed by atoms with Crippen molar-refractivity contribution in [3.8, 4) is 0 Å². The summed E-state index contributed by atoms with van der Waals surface area (Å²) in [5, 5.41) is 9.17. The van der Waals surface area contributed by atoms with E-state index < -0.39 is 0 Å². The van der Waals surface area contributed by atoms with Gasteiger partial charge in [0.15, 0.2) is 0 Å². The second-order valence-electron chi connectivity index (χ2n) is 2.64. The first kappa shape index (κ1) is 6.34. The lowest BCUT2D eigenvalue weighted by Crippen LogP contribution is -1.90. The van der Waals surface area contributed by atoms with Crippen molar-refractivity contribution >= 4 is 10.9 Å². The van der Waals surface area contributed by atoms with Gasteiger partial charge in [-0.25, -0.2) is 0 Å². The molecule has 0 bridgehead atoms. The number of aromatic nitrogens is 3. The number of hydrogen-bond acceptors (Lipinski definition) is 2. The highest BCUT2D eigenvalue weighted by Crippen LogP contribution is 2.15. The fraction of sp³-hybridized carbons (Fsp3) is 0.250. The molecule has 0 saturated carbocycles. The molecule has 0 atom stereocenters. The fourth-order valence-electron chi connectivity index (χ4n) is 1.22. The number of fused-ring (bicyclic) bond motifs is 1. The van der Waals surface area contributed by atoms with E-state index in [-0.39, 0.29) is 0 Å². The van der Waals surface area contributed by atoms with Crippen LogP contribution in [-0.2, 0) is 0 Å². The lowest BCUT2D eigenvalue weighted by atomic mass is 10.2. The summed E-state index contributed by atoms with van der Waals surface area (Å²) in [4.78, 5) is 3.13. The molecule has 0 aliphatic rings. The number of hydrogen-bond donors (Lipinski definition) is 1. The Balaban J connectivity index is 2.96.